The van der Waals surface area contributed by atoms with E-state index < -0.39 is 5.97 Å². The number of fused-ring (bicyclic) bond motifs is 1. The highest BCUT2D eigenvalue weighted by Crippen LogP contribution is 2.35. The second-order valence-corrected chi connectivity index (χ2v) is 9.67. The highest BCUT2D eigenvalue weighted by molar-refractivity contribution is 7.19. The molecule has 2 heterocycles. The minimum atomic E-state index is -0.812. The van der Waals surface area contributed by atoms with Crippen molar-refractivity contribution in [2.24, 2.45) is 5.73 Å². The predicted molar refractivity (Wildman–Crippen MR) is 136 cm³/mol. The number of amidine groups is 1. The number of hydrogen-bond donors (Lipinski definition) is 4. The molecule has 1 aliphatic heterocycles. The van der Waals surface area contributed by atoms with Gasteiger partial charge in [-0.05, 0) is 92.1 Å². The summed E-state index contributed by atoms with van der Waals surface area (Å²) in [7, 11) is 0. The summed E-state index contributed by atoms with van der Waals surface area (Å²) in [4.78, 5) is 12.5. The number of carboxylic acids is 1. The van der Waals surface area contributed by atoms with Crippen LogP contribution in [0.15, 0.2) is 36.4 Å². The average Bonchev–Trinajstić information content (AvgIpc) is 3.46. The van der Waals surface area contributed by atoms with Gasteiger partial charge in [0.15, 0.2) is 11.5 Å². The molecule has 0 bridgehead atoms. The second-order valence-electron chi connectivity index (χ2n) is 8.51. The number of nitrogen functional groups attached to an aromatic ring is 1. The van der Waals surface area contributed by atoms with Crippen molar-refractivity contribution in [1.29, 1.82) is 5.41 Å². The lowest BCUT2D eigenvalue weighted by molar-refractivity contribution is -0.136. The van der Waals surface area contributed by atoms with Crippen LogP contribution in [0.5, 0.6) is 11.5 Å². The molecule has 1 aliphatic rings. The normalized spacial score (nSPS) is 15.5. The Hall–Kier alpha value is -3.10. The lowest BCUT2D eigenvalue weighted by Gasteiger charge is -2.19. The molecule has 0 spiro atoms. The van der Waals surface area contributed by atoms with E-state index in [1.807, 2.05) is 37.3 Å². The van der Waals surface area contributed by atoms with Gasteiger partial charge in [-0.1, -0.05) is 0 Å². The topological polar surface area (TPSA) is 118 Å². The molecule has 3 aromatic rings. The summed E-state index contributed by atoms with van der Waals surface area (Å²) in [5.41, 5.74) is 8.44. The van der Waals surface area contributed by atoms with Crippen LogP contribution in [0.1, 0.15) is 41.3 Å². The Balaban J connectivity index is 1.59. The third-order valence-electron chi connectivity index (χ3n) is 6.00. The maximum atomic E-state index is 11.3. The van der Waals surface area contributed by atoms with Gasteiger partial charge in [-0.3, -0.25) is 10.2 Å². The first-order valence-electron chi connectivity index (χ1n) is 11.7. The summed E-state index contributed by atoms with van der Waals surface area (Å²) in [5.74, 6) is 0.661. The number of nitrogens with one attached hydrogen (secondary N) is 2. The molecule has 0 unspecified atom stereocenters. The monoisotopic (exact) mass is 481 g/mol. The van der Waals surface area contributed by atoms with Crippen LogP contribution in [0.25, 0.3) is 10.1 Å². The van der Waals surface area contributed by atoms with Crippen molar-refractivity contribution in [3.63, 3.8) is 0 Å². The molecule has 2 aromatic carbocycles. The molecular formula is C26H31N3O4S. The van der Waals surface area contributed by atoms with Gasteiger partial charge in [-0.2, -0.15) is 0 Å². The fourth-order valence-electron chi connectivity index (χ4n) is 4.27. The largest absolute Gasteiger partial charge is 0.490 e. The van der Waals surface area contributed by atoms with Gasteiger partial charge in [-0.15, -0.1) is 11.3 Å². The lowest BCUT2D eigenvalue weighted by atomic mass is 9.97. The summed E-state index contributed by atoms with van der Waals surface area (Å²) < 4.78 is 13.3. The Labute approximate surface area is 203 Å². The molecule has 0 saturated carbocycles. The number of hydrogen-bond acceptors (Lipinski definition) is 6. The van der Waals surface area contributed by atoms with Gasteiger partial charge in [0.05, 0.1) is 6.61 Å². The summed E-state index contributed by atoms with van der Waals surface area (Å²) in [6.45, 7) is 4.21. The van der Waals surface area contributed by atoms with Gasteiger partial charge >= 0.3 is 5.97 Å². The highest BCUT2D eigenvalue weighted by atomic mass is 32.1. The SMILES string of the molecule is CCOc1cc(CCc2cc3cc(C(=N)N)ccc3s2)c(CCC(=O)O)cc1O[C@H]1CCNC1. The Morgan fingerprint density at radius 1 is 1.18 bits per heavy atom. The van der Waals surface area contributed by atoms with Gasteiger partial charge in [0.2, 0.25) is 0 Å². The molecule has 4 rings (SSSR count). The highest BCUT2D eigenvalue weighted by Gasteiger charge is 2.20. The molecule has 8 heteroatoms. The van der Waals surface area contributed by atoms with Crippen LogP contribution in [-0.4, -0.2) is 42.7 Å². The molecule has 7 nitrogen and oxygen atoms in total. The maximum absolute atomic E-state index is 11.3. The standard InChI is InChI=1S/C26H31N3O4S/c1-2-32-22-13-16(3-6-21-12-19-11-18(26(27)28)4-7-24(19)34-21)17(5-8-25(30)31)14-23(22)33-20-9-10-29-15-20/h4,7,11-14,20,29H,2-3,5-6,8-10,15H2,1H3,(H3,27,28)(H,30,31)/t20-/m0/s1. The maximum Gasteiger partial charge on any atom is 0.303 e. The van der Waals surface area contributed by atoms with E-state index >= 15 is 0 Å². The fourth-order valence-corrected chi connectivity index (χ4v) is 5.31. The van der Waals surface area contributed by atoms with E-state index in [4.69, 9.17) is 20.6 Å². The zero-order valence-electron chi connectivity index (χ0n) is 19.4. The van der Waals surface area contributed by atoms with E-state index in [1.54, 1.807) is 11.3 Å². The van der Waals surface area contributed by atoms with Crippen LogP contribution < -0.4 is 20.5 Å². The number of aliphatic carboxylic acids is 1. The van der Waals surface area contributed by atoms with Gasteiger partial charge in [0.25, 0.3) is 0 Å². The van der Waals surface area contributed by atoms with E-state index in [0.717, 1.165) is 59.1 Å². The van der Waals surface area contributed by atoms with Crippen LogP contribution in [-0.2, 0) is 24.1 Å². The van der Waals surface area contributed by atoms with Crippen molar-refractivity contribution >= 4 is 33.2 Å². The number of thiophene rings is 1. The van der Waals surface area contributed by atoms with Gasteiger partial charge in [-0.25, -0.2) is 0 Å². The van der Waals surface area contributed by atoms with Crippen molar-refractivity contribution in [2.45, 2.75) is 45.1 Å². The van der Waals surface area contributed by atoms with Gasteiger partial charge < -0.3 is 25.6 Å². The van der Waals surface area contributed by atoms with Crippen LogP contribution in [0, 0.1) is 5.41 Å². The van der Waals surface area contributed by atoms with E-state index in [1.165, 1.54) is 4.88 Å². The Bertz CT molecular complexity index is 1180. The third-order valence-corrected chi connectivity index (χ3v) is 7.18. The quantitative estimate of drug-likeness (QED) is 0.242. The molecule has 0 radical (unpaired) electrons. The number of benzene rings is 2. The Morgan fingerprint density at radius 3 is 2.68 bits per heavy atom. The summed E-state index contributed by atoms with van der Waals surface area (Å²) in [6.07, 6.45) is 3.15. The number of ether oxygens (including phenoxy) is 2. The van der Waals surface area contributed by atoms with Crippen molar-refractivity contribution in [2.75, 3.05) is 19.7 Å². The molecule has 34 heavy (non-hydrogen) atoms. The third kappa shape index (κ3) is 5.87. The summed E-state index contributed by atoms with van der Waals surface area (Å²) in [5, 5.41) is 21.3. The number of carboxylic acid groups (broad SMARTS) is 1. The molecule has 1 saturated heterocycles. The molecule has 1 fully saturated rings. The Kier molecular flexibility index (Phi) is 7.70. The van der Waals surface area contributed by atoms with E-state index in [9.17, 15) is 9.90 Å². The molecule has 1 atom stereocenters. The minimum Gasteiger partial charge on any atom is -0.490 e. The molecular weight excluding hydrogens is 450 g/mol. The van der Waals surface area contributed by atoms with E-state index in [-0.39, 0.29) is 18.4 Å². The van der Waals surface area contributed by atoms with Gasteiger partial charge in [0.1, 0.15) is 11.9 Å². The second kappa shape index (κ2) is 10.9. The van der Waals surface area contributed by atoms with Crippen LogP contribution in [0.4, 0.5) is 0 Å². The van der Waals surface area contributed by atoms with Crippen LogP contribution in [0.2, 0.25) is 0 Å². The lowest BCUT2D eigenvalue weighted by Crippen LogP contribution is -2.20. The zero-order valence-corrected chi connectivity index (χ0v) is 20.2. The molecule has 0 amide bonds. The zero-order chi connectivity index (χ0) is 24.1. The van der Waals surface area contributed by atoms with Gasteiger partial charge in [0, 0.05) is 28.1 Å². The average molecular weight is 482 g/mol. The number of carbonyl (C=O) groups is 1. The molecule has 0 aliphatic carbocycles. The molecule has 1 aromatic heterocycles. The first-order valence-corrected chi connectivity index (χ1v) is 12.5. The van der Waals surface area contributed by atoms with Crippen molar-refractivity contribution < 1.29 is 19.4 Å². The van der Waals surface area contributed by atoms with Crippen molar-refractivity contribution in [3.05, 3.63) is 58.0 Å². The number of aryl methyl sites for hydroxylation is 3. The molecule has 180 valence electrons. The van der Waals surface area contributed by atoms with Crippen LogP contribution >= 0.6 is 11.3 Å². The fraction of sp³-hybridized carbons (Fsp3) is 0.385. The first kappa shape index (κ1) is 24.0. The number of nitrogens with two attached hydrogens (primary N) is 1. The van der Waals surface area contributed by atoms with Crippen molar-refractivity contribution in [1.82, 2.24) is 5.32 Å². The van der Waals surface area contributed by atoms with Crippen LogP contribution in [0.3, 0.4) is 0 Å². The van der Waals surface area contributed by atoms with Crippen molar-refractivity contribution in [3.8, 4) is 11.5 Å². The predicted octanol–water partition coefficient (Wildman–Crippen LogP) is 4.13. The first-order chi connectivity index (χ1) is 16.4. The minimum absolute atomic E-state index is 0.0665. The summed E-state index contributed by atoms with van der Waals surface area (Å²) >= 11 is 1.73. The summed E-state index contributed by atoms with van der Waals surface area (Å²) in [6, 6.07) is 12.0. The number of rotatable bonds is 11. The van der Waals surface area contributed by atoms with E-state index in [0.29, 0.717) is 24.5 Å². The smallest absolute Gasteiger partial charge is 0.303 e. The molecule has 5 N–H and O–H groups in total. The van der Waals surface area contributed by atoms with E-state index in [2.05, 4.69) is 11.4 Å². The Morgan fingerprint density at radius 2 is 1.97 bits per heavy atom.